The normalized spacial score (nSPS) is 12.0. The Morgan fingerprint density at radius 3 is 2.54 bits per heavy atom. The molecular weight excluding hydrogens is 185 g/mol. The molecule has 0 rings (SSSR count). The van der Waals surface area contributed by atoms with E-state index in [0.717, 1.165) is 6.42 Å². The SMILES string of the molecule is CCCCOC(=O)C=CC(F)(F)F. The highest BCUT2D eigenvalue weighted by molar-refractivity contribution is 5.81. The number of carbonyl (C=O) groups excluding carboxylic acids is 1. The van der Waals surface area contributed by atoms with Crippen molar-refractivity contribution in [2.75, 3.05) is 6.61 Å². The number of allylic oxidation sites excluding steroid dienone is 1. The standard InChI is InChI=1S/C8H11F3O2/c1-2-3-6-13-7(12)4-5-8(9,10)11/h4-5H,2-3,6H2,1H3. The number of rotatable bonds is 4. The summed E-state index contributed by atoms with van der Waals surface area (Å²) >= 11 is 0. The number of ether oxygens (including phenoxy) is 1. The molecular formula is C8H11F3O2. The fourth-order valence-corrected chi connectivity index (χ4v) is 0.528. The third-order valence-corrected chi connectivity index (χ3v) is 1.15. The summed E-state index contributed by atoms with van der Waals surface area (Å²) < 4.78 is 39.0. The van der Waals surface area contributed by atoms with Gasteiger partial charge in [-0.25, -0.2) is 4.79 Å². The Bertz CT molecular complexity index is 184. The fraction of sp³-hybridized carbons (Fsp3) is 0.625. The Balaban J connectivity index is 3.68. The molecule has 0 aromatic rings. The highest BCUT2D eigenvalue weighted by atomic mass is 19.4. The molecule has 0 aliphatic rings. The summed E-state index contributed by atoms with van der Waals surface area (Å²) in [6, 6.07) is 0. The van der Waals surface area contributed by atoms with E-state index in [0.29, 0.717) is 12.5 Å². The number of alkyl halides is 3. The van der Waals surface area contributed by atoms with Gasteiger partial charge < -0.3 is 4.74 Å². The molecule has 0 aliphatic carbocycles. The van der Waals surface area contributed by atoms with Gasteiger partial charge in [0.25, 0.3) is 0 Å². The highest BCUT2D eigenvalue weighted by Crippen LogP contribution is 2.15. The molecule has 0 N–H and O–H groups in total. The van der Waals surface area contributed by atoms with E-state index >= 15 is 0 Å². The number of unbranched alkanes of at least 4 members (excludes halogenated alkanes) is 1. The zero-order valence-corrected chi connectivity index (χ0v) is 7.23. The van der Waals surface area contributed by atoms with Crippen LogP contribution in [0.5, 0.6) is 0 Å². The van der Waals surface area contributed by atoms with Gasteiger partial charge in [0.05, 0.1) is 6.61 Å². The van der Waals surface area contributed by atoms with Gasteiger partial charge in [-0.15, -0.1) is 0 Å². The van der Waals surface area contributed by atoms with Crippen molar-refractivity contribution >= 4 is 5.97 Å². The van der Waals surface area contributed by atoms with Gasteiger partial charge in [0.1, 0.15) is 0 Å². The van der Waals surface area contributed by atoms with Gasteiger partial charge in [-0.1, -0.05) is 13.3 Å². The lowest BCUT2D eigenvalue weighted by molar-refractivity contribution is -0.138. The van der Waals surface area contributed by atoms with Crippen molar-refractivity contribution in [1.82, 2.24) is 0 Å². The Morgan fingerprint density at radius 2 is 2.08 bits per heavy atom. The van der Waals surface area contributed by atoms with Crippen molar-refractivity contribution in [3.63, 3.8) is 0 Å². The number of esters is 1. The molecule has 13 heavy (non-hydrogen) atoms. The highest BCUT2D eigenvalue weighted by Gasteiger charge is 2.22. The van der Waals surface area contributed by atoms with Crippen LogP contribution in [0.4, 0.5) is 13.2 Å². The monoisotopic (exact) mass is 196 g/mol. The number of hydrogen-bond acceptors (Lipinski definition) is 2. The topological polar surface area (TPSA) is 26.3 Å². The number of carbonyl (C=O) groups is 1. The molecule has 76 valence electrons. The average Bonchev–Trinajstić information content (AvgIpc) is 2.00. The van der Waals surface area contributed by atoms with E-state index in [2.05, 4.69) is 4.74 Å². The van der Waals surface area contributed by atoms with Crippen molar-refractivity contribution in [3.8, 4) is 0 Å². The first-order valence-corrected chi connectivity index (χ1v) is 3.88. The summed E-state index contributed by atoms with van der Waals surface area (Å²) in [5.74, 6) is -0.953. The second kappa shape index (κ2) is 5.61. The quantitative estimate of drug-likeness (QED) is 0.392. The van der Waals surface area contributed by atoms with Crippen molar-refractivity contribution < 1.29 is 22.7 Å². The van der Waals surface area contributed by atoms with Gasteiger partial charge in [-0.3, -0.25) is 0 Å². The van der Waals surface area contributed by atoms with E-state index in [1.807, 2.05) is 6.92 Å². The Labute approximate surface area is 74.4 Å². The summed E-state index contributed by atoms with van der Waals surface area (Å²) in [5.41, 5.74) is 0. The van der Waals surface area contributed by atoms with Crippen LogP contribution in [-0.2, 0) is 9.53 Å². The zero-order valence-electron chi connectivity index (χ0n) is 7.23. The zero-order chi connectivity index (χ0) is 10.3. The molecule has 2 nitrogen and oxygen atoms in total. The van der Waals surface area contributed by atoms with E-state index < -0.39 is 12.1 Å². The first-order chi connectivity index (χ1) is 5.95. The van der Waals surface area contributed by atoms with Crippen molar-refractivity contribution in [3.05, 3.63) is 12.2 Å². The maximum Gasteiger partial charge on any atom is 0.410 e. The summed E-state index contributed by atoms with van der Waals surface area (Å²) in [6.07, 6.45) is -2.72. The molecule has 0 spiro atoms. The predicted molar refractivity (Wildman–Crippen MR) is 41.1 cm³/mol. The van der Waals surface area contributed by atoms with Gasteiger partial charge in [-0.2, -0.15) is 13.2 Å². The largest absolute Gasteiger partial charge is 0.463 e. The molecule has 0 aromatic carbocycles. The maximum absolute atomic E-state index is 11.5. The summed E-state index contributed by atoms with van der Waals surface area (Å²) in [5, 5.41) is 0. The van der Waals surface area contributed by atoms with Gasteiger partial charge in [0, 0.05) is 12.2 Å². The molecule has 0 saturated carbocycles. The van der Waals surface area contributed by atoms with Crippen LogP contribution in [0.2, 0.25) is 0 Å². The molecule has 0 aliphatic heterocycles. The van der Waals surface area contributed by atoms with Crippen LogP contribution in [0.25, 0.3) is 0 Å². The molecule has 5 heteroatoms. The summed E-state index contributed by atoms with van der Waals surface area (Å²) in [4.78, 5) is 10.6. The second-order valence-corrected chi connectivity index (χ2v) is 2.40. The molecule has 0 heterocycles. The number of halogens is 3. The van der Waals surface area contributed by atoms with Gasteiger partial charge in [-0.05, 0) is 6.42 Å². The maximum atomic E-state index is 11.5. The molecule has 0 atom stereocenters. The van der Waals surface area contributed by atoms with E-state index in [1.54, 1.807) is 0 Å². The van der Waals surface area contributed by atoms with Crippen LogP contribution in [0.3, 0.4) is 0 Å². The molecule has 0 fully saturated rings. The lowest BCUT2D eigenvalue weighted by Crippen LogP contribution is -2.06. The van der Waals surface area contributed by atoms with Crippen LogP contribution in [0.15, 0.2) is 12.2 Å². The van der Waals surface area contributed by atoms with Crippen LogP contribution in [0, 0.1) is 0 Å². The Morgan fingerprint density at radius 1 is 1.46 bits per heavy atom. The van der Waals surface area contributed by atoms with Crippen LogP contribution >= 0.6 is 0 Å². The minimum Gasteiger partial charge on any atom is -0.463 e. The van der Waals surface area contributed by atoms with E-state index in [4.69, 9.17) is 0 Å². The van der Waals surface area contributed by atoms with Gasteiger partial charge >= 0.3 is 12.1 Å². The Hall–Kier alpha value is -1.00. The molecule has 0 unspecified atom stereocenters. The molecule has 0 radical (unpaired) electrons. The summed E-state index contributed by atoms with van der Waals surface area (Å²) in [7, 11) is 0. The van der Waals surface area contributed by atoms with E-state index in [1.165, 1.54) is 0 Å². The minimum atomic E-state index is -4.45. The second-order valence-electron chi connectivity index (χ2n) is 2.40. The van der Waals surface area contributed by atoms with Crippen molar-refractivity contribution in [1.29, 1.82) is 0 Å². The van der Waals surface area contributed by atoms with Gasteiger partial charge in [0.2, 0.25) is 0 Å². The molecule has 0 amide bonds. The lowest BCUT2D eigenvalue weighted by atomic mass is 10.4. The minimum absolute atomic E-state index is 0.138. The molecule has 0 saturated heterocycles. The van der Waals surface area contributed by atoms with E-state index in [-0.39, 0.29) is 12.7 Å². The van der Waals surface area contributed by atoms with Crippen LogP contribution in [-0.4, -0.2) is 18.8 Å². The van der Waals surface area contributed by atoms with Crippen molar-refractivity contribution in [2.45, 2.75) is 25.9 Å². The van der Waals surface area contributed by atoms with E-state index in [9.17, 15) is 18.0 Å². The summed E-state index contributed by atoms with van der Waals surface area (Å²) in [6.45, 7) is 2.05. The van der Waals surface area contributed by atoms with Crippen molar-refractivity contribution in [2.24, 2.45) is 0 Å². The van der Waals surface area contributed by atoms with Crippen LogP contribution < -0.4 is 0 Å². The number of hydrogen-bond donors (Lipinski definition) is 0. The fourth-order valence-electron chi connectivity index (χ4n) is 0.528. The predicted octanol–water partition coefficient (Wildman–Crippen LogP) is 2.45. The third kappa shape index (κ3) is 8.91. The third-order valence-electron chi connectivity index (χ3n) is 1.15. The average molecular weight is 196 g/mol. The molecule has 0 aromatic heterocycles. The smallest absolute Gasteiger partial charge is 0.410 e. The molecule has 0 bridgehead atoms. The first-order valence-electron chi connectivity index (χ1n) is 3.88. The Kier molecular flexibility index (Phi) is 5.18. The van der Waals surface area contributed by atoms with Crippen LogP contribution in [0.1, 0.15) is 19.8 Å². The lowest BCUT2D eigenvalue weighted by Gasteiger charge is -2.00. The first kappa shape index (κ1) is 12.0. The van der Waals surface area contributed by atoms with Gasteiger partial charge in [0.15, 0.2) is 0 Å².